The van der Waals surface area contributed by atoms with Crippen molar-refractivity contribution in [2.45, 2.75) is 12.3 Å². The van der Waals surface area contributed by atoms with E-state index in [1.165, 1.54) is 0 Å². The van der Waals surface area contributed by atoms with E-state index < -0.39 is 0 Å². The van der Waals surface area contributed by atoms with Crippen LogP contribution in [0.1, 0.15) is 17.9 Å². The highest BCUT2D eigenvalue weighted by molar-refractivity contribution is 6.35. The van der Waals surface area contributed by atoms with Crippen LogP contribution in [0, 0.1) is 18.3 Å². The molecule has 13 heavy (non-hydrogen) atoms. The molecule has 1 radical (unpaired) electrons. The molecule has 1 aromatic rings. The lowest BCUT2D eigenvalue weighted by Crippen LogP contribution is -1.94. The Balaban J connectivity index is 3.09. The zero-order valence-electron chi connectivity index (χ0n) is 6.93. The molecule has 0 aliphatic heterocycles. The van der Waals surface area contributed by atoms with Crippen molar-refractivity contribution in [3.05, 3.63) is 40.7 Å². The fraction of sp³-hybridized carbons (Fsp3) is 0.200. The Hall–Kier alpha value is -0.710. The predicted octanol–water partition coefficient (Wildman–Crippen LogP) is 3.82. The lowest BCUT2D eigenvalue weighted by molar-refractivity contribution is 0.875. The summed E-state index contributed by atoms with van der Waals surface area (Å²) in [6.45, 7) is 3.68. The third-order valence-electron chi connectivity index (χ3n) is 1.78. The maximum Gasteiger partial charge on any atom is 0.0727 e. The van der Waals surface area contributed by atoms with Crippen molar-refractivity contribution >= 4 is 23.2 Å². The molecule has 0 saturated heterocycles. The van der Waals surface area contributed by atoms with Crippen LogP contribution >= 0.6 is 23.2 Å². The second-order valence-corrected chi connectivity index (χ2v) is 3.48. The molecular weight excluding hydrogens is 205 g/mol. The highest BCUT2D eigenvalue weighted by Crippen LogP contribution is 2.28. The fourth-order valence-corrected chi connectivity index (χ4v) is 1.61. The van der Waals surface area contributed by atoms with Crippen LogP contribution in [0.15, 0.2) is 18.2 Å². The van der Waals surface area contributed by atoms with E-state index in [2.05, 4.69) is 13.0 Å². The van der Waals surface area contributed by atoms with E-state index in [1.807, 2.05) is 0 Å². The van der Waals surface area contributed by atoms with Crippen molar-refractivity contribution in [2.75, 3.05) is 0 Å². The van der Waals surface area contributed by atoms with Gasteiger partial charge >= 0.3 is 0 Å². The van der Waals surface area contributed by atoms with E-state index in [9.17, 15) is 0 Å². The summed E-state index contributed by atoms with van der Waals surface area (Å²) in [7, 11) is 0. The maximum atomic E-state index is 8.79. The lowest BCUT2D eigenvalue weighted by Gasteiger charge is -2.08. The molecule has 0 aromatic heterocycles. The fourth-order valence-electron chi connectivity index (χ4n) is 1.07. The van der Waals surface area contributed by atoms with E-state index in [4.69, 9.17) is 28.5 Å². The summed E-state index contributed by atoms with van der Waals surface area (Å²) in [5, 5.41) is 9.90. The minimum absolute atomic E-state index is 0.246. The normalized spacial score (nSPS) is 12.2. The van der Waals surface area contributed by atoms with Gasteiger partial charge in [0.25, 0.3) is 0 Å². The SMILES string of the molecule is [CH2]CC(C#N)c1ccc(Cl)cc1Cl. The first kappa shape index (κ1) is 10.4. The van der Waals surface area contributed by atoms with Crippen LogP contribution in [-0.2, 0) is 0 Å². The standard InChI is InChI=1S/C10H8Cl2N/c1-2-7(6-13)9-4-3-8(11)5-10(9)12/h3-5,7H,1-2H2. The first-order valence-corrected chi connectivity index (χ1v) is 4.58. The molecule has 3 heteroatoms. The number of benzene rings is 1. The van der Waals surface area contributed by atoms with Crippen LogP contribution in [0.25, 0.3) is 0 Å². The van der Waals surface area contributed by atoms with Crippen molar-refractivity contribution in [1.29, 1.82) is 5.26 Å². The first-order chi connectivity index (χ1) is 6.19. The second-order valence-electron chi connectivity index (χ2n) is 2.64. The molecule has 1 unspecified atom stereocenters. The maximum absolute atomic E-state index is 8.79. The second kappa shape index (κ2) is 4.50. The number of hydrogen-bond donors (Lipinski definition) is 0. The zero-order chi connectivity index (χ0) is 9.84. The van der Waals surface area contributed by atoms with Gasteiger partial charge in [-0.05, 0) is 24.1 Å². The van der Waals surface area contributed by atoms with Gasteiger partial charge in [-0.3, -0.25) is 0 Å². The van der Waals surface area contributed by atoms with Crippen LogP contribution in [-0.4, -0.2) is 0 Å². The van der Waals surface area contributed by atoms with Gasteiger partial charge < -0.3 is 0 Å². The van der Waals surface area contributed by atoms with Crippen molar-refractivity contribution in [1.82, 2.24) is 0 Å². The van der Waals surface area contributed by atoms with Gasteiger partial charge in [0.15, 0.2) is 0 Å². The van der Waals surface area contributed by atoms with E-state index in [0.717, 1.165) is 5.56 Å². The molecule has 0 spiro atoms. The molecule has 1 aromatic carbocycles. The molecule has 0 N–H and O–H groups in total. The van der Waals surface area contributed by atoms with Gasteiger partial charge in [0.05, 0.1) is 12.0 Å². The van der Waals surface area contributed by atoms with Gasteiger partial charge in [-0.2, -0.15) is 5.26 Å². The molecular formula is C10H8Cl2N. The minimum atomic E-state index is -0.246. The van der Waals surface area contributed by atoms with Crippen LogP contribution in [0.2, 0.25) is 10.0 Å². The van der Waals surface area contributed by atoms with Gasteiger partial charge in [0.2, 0.25) is 0 Å². The Morgan fingerprint density at radius 2 is 2.15 bits per heavy atom. The Bertz CT molecular complexity index is 341. The molecule has 67 valence electrons. The average molecular weight is 213 g/mol. The van der Waals surface area contributed by atoms with Gasteiger partial charge in [0.1, 0.15) is 0 Å². The van der Waals surface area contributed by atoms with Crippen LogP contribution in [0.5, 0.6) is 0 Å². The lowest BCUT2D eigenvalue weighted by atomic mass is 9.98. The van der Waals surface area contributed by atoms with E-state index >= 15 is 0 Å². The highest BCUT2D eigenvalue weighted by atomic mass is 35.5. The summed E-state index contributed by atoms with van der Waals surface area (Å²) in [5.41, 5.74) is 0.795. The molecule has 0 bridgehead atoms. The molecule has 0 aliphatic rings. The number of nitriles is 1. The molecule has 0 aliphatic carbocycles. The average Bonchev–Trinajstić information content (AvgIpc) is 2.10. The quantitative estimate of drug-likeness (QED) is 0.732. The smallest absolute Gasteiger partial charge is 0.0727 e. The topological polar surface area (TPSA) is 23.8 Å². The van der Waals surface area contributed by atoms with Crippen LogP contribution in [0.4, 0.5) is 0 Å². The Kier molecular flexibility index (Phi) is 3.59. The van der Waals surface area contributed by atoms with Crippen molar-refractivity contribution in [2.24, 2.45) is 0 Å². The molecule has 0 fully saturated rings. The Morgan fingerprint density at radius 1 is 1.46 bits per heavy atom. The van der Waals surface area contributed by atoms with Crippen LogP contribution in [0.3, 0.4) is 0 Å². The molecule has 1 nitrogen and oxygen atoms in total. The van der Waals surface area contributed by atoms with E-state index in [1.54, 1.807) is 18.2 Å². The largest absolute Gasteiger partial charge is 0.198 e. The summed E-state index contributed by atoms with van der Waals surface area (Å²) < 4.78 is 0. The predicted molar refractivity (Wildman–Crippen MR) is 54.8 cm³/mol. The van der Waals surface area contributed by atoms with Crippen molar-refractivity contribution < 1.29 is 0 Å². The molecule has 0 amide bonds. The summed E-state index contributed by atoms with van der Waals surface area (Å²) in [6, 6.07) is 7.27. The third kappa shape index (κ3) is 2.37. The number of hydrogen-bond acceptors (Lipinski definition) is 1. The van der Waals surface area contributed by atoms with Crippen LogP contribution < -0.4 is 0 Å². The summed E-state index contributed by atoms with van der Waals surface area (Å²) in [6.07, 6.45) is 0.512. The zero-order valence-corrected chi connectivity index (χ0v) is 8.44. The first-order valence-electron chi connectivity index (χ1n) is 3.83. The van der Waals surface area contributed by atoms with E-state index in [0.29, 0.717) is 16.5 Å². The monoisotopic (exact) mass is 212 g/mol. The van der Waals surface area contributed by atoms with Gasteiger partial charge in [-0.25, -0.2) is 0 Å². The Morgan fingerprint density at radius 3 is 2.62 bits per heavy atom. The minimum Gasteiger partial charge on any atom is -0.198 e. The highest BCUT2D eigenvalue weighted by Gasteiger charge is 2.11. The van der Waals surface area contributed by atoms with Gasteiger partial charge in [-0.15, -0.1) is 0 Å². The molecule has 0 heterocycles. The third-order valence-corrected chi connectivity index (χ3v) is 2.34. The van der Waals surface area contributed by atoms with Crippen molar-refractivity contribution in [3.8, 4) is 6.07 Å². The molecule has 0 saturated carbocycles. The summed E-state index contributed by atoms with van der Waals surface area (Å²) >= 11 is 11.6. The van der Waals surface area contributed by atoms with Crippen molar-refractivity contribution in [3.63, 3.8) is 0 Å². The number of nitrogens with zero attached hydrogens (tertiary/aromatic N) is 1. The number of halogens is 2. The van der Waals surface area contributed by atoms with Gasteiger partial charge in [-0.1, -0.05) is 36.2 Å². The summed E-state index contributed by atoms with van der Waals surface area (Å²) in [4.78, 5) is 0. The number of rotatable bonds is 2. The molecule has 1 rings (SSSR count). The van der Waals surface area contributed by atoms with E-state index in [-0.39, 0.29) is 5.92 Å². The Labute approximate surface area is 87.9 Å². The van der Waals surface area contributed by atoms with Gasteiger partial charge in [0, 0.05) is 10.0 Å². The molecule has 1 atom stereocenters. The summed E-state index contributed by atoms with van der Waals surface area (Å²) in [5.74, 6) is -0.246.